The first-order valence-electron chi connectivity index (χ1n) is 7.14. The molecule has 0 spiro atoms. The van der Waals surface area contributed by atoms with Crippen LogP contribution >= 0.6 is 0 Å². The molecule has 1 aromatic rings. The first-order chi connectivity index (χ1) is 9.94. The van der Waals surface area contributed by atoms with Gasteiger partial charge in [-0.25, -0.2) is 13.1 Å². The van der Waals surface area contributed by atoms with Crippen molar-refractivity contribution >= 4 is 21.6 Å². The second-order valence-corrected chi connectivity index (χ2v) is 7.89. The standard InChI is InChI=1S/C13H19N3O4S/c1-9-7-12(14-13(17)11-3-2-5-20-11)16(15-9)10-4-6-21(18,19)8-10/h7,10-11H,2-6,8H2,1H3,(H,14,17). The molecule has 0 bridgehead atoms. The van der Waals surface area contributed by atoms with Gasteiger partial charge in [0.25, 0.3) is 5.91 Å². The highest BCUT2D eigenvalue weighted by atomic mass is 32.2. The maximum absolute atomic E-state index is 12.1. The van der Waals surface area contributed by atoms with E-state index in [1.165, 1.54) is 0 Å². The van der Waals surface area contributed by atoms with E-state index in [0.29, 0.717) is 18.8 Å². The number of carbonyl (C=O) groups is 1. The SMILES string of the molecule is Cc1cc(NC(=O)C2CCCO2)n(C2CCS(=O)(=O)C2)n1. The average Bonchev–Trinajstić information content (AvgIpc) is 3.09. The molecule has 0 radical (unpaired) electrons. The summed E-state index contributed by atoms with van der Waals surface area (Å²) in [7, 11) is -2.99. The van der Waals surface area contributed by atoms with Gasteiger partial charge in [-0.2, -0.15) is 5.10 Å². The van der Waals surface area contributed by atoms with Crippen molar-refractivity contribution in [1.29, 1.82) is 0 Å². The van der Waals surface area contributed by atoms with Gasteiger partial charge >= 0.3 is 0 Å². The number of ether oxygens (including phenoxy) is 1. The molecule has 2 saturated heterocycles. The Morgan fingerprint density at radius 1 is 1.48 bits per heavy atom. The summed E-state index contributed by atoms with van der Waals surface area (Å²) in [4.78, 5) is 12.1. The molecular formula is C13H19N3O4S. The number of nitrogens with zero attached hydrogens (tertiary/aromatic N) is 2. The zero-order valence-corrected chi connectivity index (χ0v) is 12.7. The van der Waals surface area contributed by atoms with Crippen molar-refractivity contribution in [2.45, 2.75) is 38.3 Å². The van der Waals surface area contributed by atoms with Gasteiger partial charge in [0.1, 0.15) is 11.9 Å². The Hall–Kier alpha value is -1.41. The number of hydrogen-bond donors (Lipinski definition) is 1. The largest absolute Gasteiger partial charge is 0.368 e. The van der Waals surface area contributed by atoms with Crippen LogP contribution in [0.5, 0.6) is 0 Å². The third-order valence-electron chi connectivity index (χ3n) is 3.89. The summed E-state index contributed by atoms with van der Waals surface area (Å²) in [6, 6.07) is 1.56. The lowest BCUT2D eigenvalue weighted by Gasteiger charge is -2.15. The number of nitrogens with one attached hydrogen (secondary N) is 1. The van der Waals surface area contributed by atoms with E-state index in [1.807, 2.05) is 6.92 Å². The molecule has 0 aliphatic carbocycles. The number of aromatic nitrogens is 2. The summed E-state index contributed by atoms with van der Waals surface area (Å²) in [5.41, 5.74) is 0.752. The average molecular weight is 313 g/mol. The number of carbonyl (C=O) groups excluding carboxylic acids is 1. The lowest BCUT2D eigenvalue weighted by atomic mass is 10.2. The fourth-order valence-electron chi connectivity index (χ4n) is 2.85. The van der Waals surface area contributed by atoms with Crippen molar-refractivity contribution in [2.75, 3.05) is 23.4 Å². The predicted molar refractivity (Wildman–Crippen MR) is 76.9 cm³/mol. The summed E-state index contributed by atoms with van der Waals surface area (Å²) in [6.45, 7) is 2.43. The molecule has 21 heavy (non-hydrogen) atoms. The minimum absolute atomic E-state index is 0.0803. The van der Waals surface area contributed by atoms with Gasteiger partial charge in [0.2, 0.25) is 0 Å². The highest BCUT2D eigenvalue weighted by Crippen LogP contribution is 2.27. The zero-order valence-electron chi connectivity index (χ0n) is 11.9. The molecule has 116 valence electrons. The molecule has 7 nitrogen and oxygen atoms in total. The Labute approximate surface area is 123 Å². The minimum atomic E-state index is -2.99. The van der Waals surface area contributed by atoms with Crippen LogP contribution in [0.25, 0.3) is 0 Å². The second kappa shape index (κ2) is 5.42. The van der Waals surface area contributed by atoms with Gasteiger partial charge in [-0.1, -0.05) is 0 Å². The molecule has 0 saturated carbocycles. The van der Waals surface area contributed by atoms with E-state index in [4.69, 9.17) is 4.74 Å². The van der Waals surface area contributed by atoms with Crippen LogP contribution in [0.1, 0.15) is 31.0 Å². The van der Waals surface area contributed by atoms with Gasteiger partial charge < -0.3 is 10.1 Å². The van der Waals surface area contributed by atoms with E-state index in [2.05, 4.69) is 10.4 Å². The van der Waals surface area contributed by atoms with Crippen LogP contribution in [0.2, 0.25) is 0 Å². The highest BCUT2D eigenvalue weighted by Gasteiger charge is 2.32. The normalized spacial score (nSPS) is 27.9. The van der Waals surface area contributed by atoms with E-state index in [0.717, 1.165) is 18.5 Å². The summed E-state index contributed by atoms with van der Waals surface area (Å²) < 4.78 is 30.2. The third-order valence-corrected chi connectivity index (χ3v) is 5.64. The Balaban J connectivity index is 1.78. The number of anilines is 1. The second-order valence-electron chi connectivity index (χ2n) is 5.66. The van der Waals surface area contributed by atoms with Gasteiger partial charge in [0, 0.05) is 12.7 Å². The van der Waals surface area contributed by atoms with E-state index in [1.54, 1.807) is 10.7 Å². The number of aryl methyl sites for hydroxylation is 1. The topological polar surface area (TPSA) is 90.3 Å². The van der Waals surface area contributed by atoms with E-state index < -0.39 is 15.9 Å². The zero-order chi connectivity index (χ0) is 15.0. The van der Waals surface area contributed by atoms with Gasteiger partial charge in [-0.3, -0.25) is 4.79 Å². The van der Waals surface area contributed by atoms with Crippen LogP contribution < -0.4 is 5.32 Å². The van der Waals surface area contributed by atoms with Gasteiger partial charge in [-0.05, 0) is 26.2 Å². The van der Waals surface area contributed by atoms with Crippen LogP contribution in [0, 0.1) is 6.92 Å². The molecule has 2 atom stereocenters. The van der Waals surface area contributed by atoms with Crippen molar-refractivity contribution < 1.29 is 17.9 Å². The van der Waals surface area contributed by atoms with Crippen LogP contribution in [0.15, 0.2) is 6.07 Å². The molecule has 3 heterocycles. The van der Waals surface area contributed by atoms with Gasteiger partial charge in [-0.15, -0.1) is 0 Å². The van der Waals surface area contributed by atoms with Crippen molar-refractivity contribution in [3.63, 3.8) is 0 Å². The first kappa shape index (κ1) is 14.5. The molecule has 3 rings (SSSR count). The number of amides is 1. The maximum atomic E-state index is 12.1. The van der Waals surface area contributed by atoms with E-state index >= 15 is 0 Å². The molecule has 2 fully saturated rings. The van der Waals surface area contributed by atoms with E-state index in [-0.39, 0.29) is 23.5 Å². The maximum Gasteiger partial charge on any atom is 0.254 e. The third kappa shape index (κ3) is 3.11. The van der Waals surface area contributed by atoms with Gasteiger partial charge in [0.15, 0.2) is 9.84 Å². The molecule has 2 aliphatic heterocycles. The molecule has 0 aromatic carbocycles. The summed E-state index contributed by atoms with van der Waals surface area (Å²) in [5, 5.41) is 7.15. The molecular weight excluding hydrogens is 294 g/mol. The number of sulfone groups is 1. The molecule has 2 aliphatic rings. The smallest absolute Gasteiger partial charge is 0.254 e. The molecule has 8 heteroatoms. The highest BCUT2D eigenvalue weighted by molar-refractivity contribution is 7.91. The van der Waals surface area contributed by atoms with Crippen molar-refractivity contribution in [1.82, 2.24) is 9.78 Å². The summed E-state index contributed by atoms with van der Waals surface area (Å²) in [6.07, 6.45) is 1.72. The fraction of sp³-hybridized carbons (Fsp3) is 0.692. The van der Waals surface area contributed by atoms with Crippen LogP contribution in [-0.4, -0.2) is 48.3 Å². The Morgan fingerprint density at radius 3 is 2.90 bits per heavy atom. The Kier molecular flexibility index (Phi) is 3.75. The molecule has 1 N–H and O–H groups in total. The van der Waals surface area contributed by atoms with Crippen LogP contribution in [-0.2, 0) is 19.4 Å². The van der Waals surface area contributed by atoms with Crippen molar-refractivity contribution in [2.24, 2.45) is 0 Å². The van der Waals surface area contributed by atoms with Crippen LogP contribution in [0.4, 0.5) is 5.82 Å². The summed E-state index contributed by atoms with van der Waals surface area (Å²) >= 11 is 0. The fourth-order valence-corrected chi connectivity index (χ4v) is 4.54. The molecule has 2 unspecified atom stereocenters. The quantitative estimate of drug-likeness (QED) is 0.885. The Bertz CT molecular complexity index is 646. The minimum Gasteiger partial charge on any atom is -0.368 e. The predicted octanol–water partition coefficient (Wildman–Crippen LogP) is 0.669. The number of rotatable bonds is 3. The van der Waals surface area contributed by atoms with E-state index in [9.17, 15) is 13.2 Å². The lowest BCUT2D eigenvalue weighted by molar-refractivity contribution is -0.124. The van der Waals surface area contributed by atoms with Crippen molar-refractivity contribution in [3.05, 3.63) is 11.8 Å². The molecule has 1 amide bonds. The summed E-state index contributed by atoms with van der Waals surface area (Å²) in [5.74, 6) is 0.622. The number of hydrogen-bond acceptors (Lipinski definition) is 5. The lowest BCUT2D eigenvalue weighted by Crippen LogP contribution is -2.28. The van der Waals surface area contributed by atoms with Gasteiger partial charge in [0.05, 0.1) is 23.2 Å². The van der Waals surface area contributed by atoms with Crippen molar-refractivity contribution in [3.8, 4) is 0 Å². The monoisotopic (exact) mass is 313 g/mol. The molecule has 1 aromatic heterocycles. The Morgan fingerprint density at radius 2 is 2.29 bits per heavy atom. The van der Waals surface area contributed by atoms with Crippen LogP contribution in [0.3, 0.4) is 0 Å². The first-order valence-corrected chi connectivity index (χ1v) is 8.96.